The largest absolute Gasteiger partial charge is 0.312 e. The maximum Gasteiger partial charge on any atom is 0.0558 e. The average Bonchev–Trinajstić information content (AvgIpc) is 2.52. The quantitative estimate of drug-likeness (QED) is 0.838. The fraction of sp³-hybridized carbons (Fsp3) is 0.600. The van der Waals surface area contributed by atoms with Gasteiger partial charge >= 0.3 is 0 Å². The summed E-state index contributed by atoms with van der Waals surface area (Å²) >= 11 is 7.81. The molecule has 1 saturated heterocycles. The minimum atomic E-state index is 0.600. The third-order valence-corrected chi connectivity index (χ3v) is 3.88. The maximum absolute atomic E-state index is 6.06. The van der Waals surface area contributed by atoms with E-state index in [9.17, 15) is 0 Å². The lowest BCUT2D eigenvalue weighted by Gasteiger charge is -2.31. The van der Waals surface area contributed by atoms with Crippen molar-refractivity contribution in [2.24, 2.45) is 0 Å². The molecule has 0 spiro atoms. The normalized spacial score (nSPS) is 24.0. The first-order valence-electron chi connectivity index (χ1n) is 4.93. The number of hydrogen-bond donors (Lipinski definition) is 1. The number of hydrogen-bond acceptors (Lipinski definition) is 3. The van der Waals surface area contributed by atoms with Crippen LogP contribution in [0.15, 0.2) is 11.4 Å². The molecular weight excluding hydrogens is 216 g/mol. The molecule has 1 aromatic rings. The predicted octanol–water partition coefficient (Wildman–Crippen LogP) is 2.20. The summed E-state index contributed by atoms with van der Waals surface area (Å²) < 4.78 is 0. The highest BCUT2D eigenvalue weighted by molar-refractivity contribution is 7.10. The Morgan fingerprint density at radius 2 is 2.57 bits per heavy atom. The summed E-state index contributed by atoms with van der Waals surface area (Å²) in [6, 6.07) is 2.58. The lowest BCUT2D eigenvalue weighted by atomic mass is 10.2. The molecule has 2 nitrogen and oxygen atoms in total. The summed E-state index contributed by atoms with van der Waals surface area (Å²) in [5, 5.41) is 6.41. The van der Waals surface area contributed by atoms with Gasteiger partial charge in [-0.15, -0.1) is 11.3 Å². The van der Waals surface area contributed by atoms with Crippen LogP contribution in [0.5, 0.6) is 0 Å². The Bertz CT molecular complexity index is 300. The van der Waals surface area contributed by atoms with E-state index in [-0.39, 0.29) is 0 Å². The molecule has 0 bridgehead atoms. The van der Waals surface area contributed by atoms with Crippen LogP contribution in [0.25, 0.3) is 0 Å². The first-order valence-corrected chi connectivity index (χ1v) is 6.19. The van der Waals surface area contributed by atoms with Gasteiger partial charge in [-0.05, 0) is 18.4 Å². The molecule has 1 aromatic heterocycles. The summed E-state index contributed by atoms with van der Waals surface area (Å²) in [6.45, 7) is 6.56. The Morgan fingerprint density at radius 1 is 1.71 bits per heavy atom. The minimum absolute atomic E-state index is 0.600. The van der Waals surface area contributed by atoms with Crippen LogP contribution in [0.4, 0.5) is 0 Å². The van der Waals surface area contributed by atoms with Gasteiger partial charge in [0.25, 0.3) is 0 Å². The second-order valence-corrected chi connectivity index (χ2v) is 5.19. The molecule has 0 aliphatic carbocycles. The zero-order chi connectivity index (χ0) is 9.97. The topological polar surface area (TPSA) is 15.3 Å². The van der Waals surface area contributed by atoms with Crippen LogP contribution in [-0.4, -0.2) is 30.6 Å². The molecular formula is C10H15ClN2S. The fourth-order valence-electron chi connectivity index (χ4n) is 1.80. The van der Waals surface area contributed by atoms with Crippen molar-refractivity contribution in [3.63, 3.8) is 0 Å². The smallest absolute Gasteiger partial charge is 0.0558 e. The van der Waals surface area contributed by atoms with Gasteiger partial charge in [0.2, 0.25) is 0 Å². The highest BCUT2D eigenvalue weighted by atomic mass is 35.5. The number of nitrogens with one attached hydrogen (secondary N) is 1. The standard InChI is InChI=1S/C10H15ClN2S/c1-8-6-13(4-3-12-8)7-10-9(11)2-5-14-10/h2,5,8,12H,3-4,6-7H2,1H3/t8-/m0/s1. The molecule has 2 heterocycles. The first kappa shape index (κ1) is 10.4. The van der Waals surface area contributed by atoms with E-state index in [2.05, 4.69) is 22.5 Å². The maximum atomic E-state index is 6.06. The van der Waals surface area contributed by atoms with E-state index in [1.165, 1.54) is 4.88 Å². The Hall–Kier alpha value is -0.0900. The van der Waals surface area contributed by atoms with Crippen LogP contribution < -0.4 is 5.32 Å². The number of thiophene rings is 1. The molecule has 1 fully saturated rings. The number of halogens is 1. The van der Waals surface area contributed by atoms with Crippen molar-refractivity contribution in [2.45, 2.75) is 19.5 Å². The predicted molar refractivity (Wildman–Crippen MR) is 62.1 cm³/mol. The molecule has 0 unspecified atom stereocenters. The van der Waals surface area contributed by atoms with Crippen molar-refractivity contribution in [2.75, 3.05) is 19.6 Å². The molecule has 0 amide bonds. The van der Waals surface area contributed by atoms with Gasteiger partial charge in [0.15, 0.2) is 0 Å². The van der Waals surface area contributed by atoms with E-state index in [0.29, 0.717) is 6.04 Å². The minimum Gasteiger partial charge on any atom is -0.312 e. The third-order valence-electron chi connectivity index (χ3n) is 2.51. The monoisotopic (exact) mass is 230 g/mol. The van der Waals surface area contributed by atoms with E-state index >= 15 is 0 Å². The Morgan fingerprint density at radius 3 is 3.21 bits per heavy atom. The van der Waals surface area contributed by atoms with Crippen molar-refractivity contribution in [3.8, 4) is 0 Å². The van der Waals surface area contributed by atoms with E-state index < -0.39 is 0 Å². The summed E-state index contributed by atoms with van der Waals surface area (Å²) in [6.07, 6.45) is 0. The van der Waals surface area contributed by atoms with E-state index in [1.807, 2.05) is 6.07 Å². The molecule has 14 heavy (non-hydrogen) atoms. The molecule has 0 radical (unpaired) electrons. The summed E-state index contributed by atoms with van der Waals surface area (Å²) in [4.78, 5) is 3.75. The molecule has 2 rings (SSSR count). The van der Waals surface area contributed by atoms with Gasteiger partial charge in [-0.1, -0.05) is 11.6 Å². The first-order chi connectivity index (χ1) is 6.75. The Kier molecular flexibility index (Phi) is 3.44. The van der Waals surface area contributed by atoms with Crippen molar-refractivity contribution in [1.29, 1.82) is 0 Å². The molecule has 1 N–H and O–H groups in total. The molecule has 0 aromatic carbocycles. The van der Waals surface area contributed by atoms with Crippen LogP contribution in [-0.2, 0) is 6.54 Å². The Balaban J connectivity index is 1.94. The summed E-state index contributed by atoms with van der Waals surface area (Å²) in [5.74, 6) is 0. The van der Waals surface area contributed by atoms with Crippen molar-refractivity contribution in [3.05, 3.63) is 21.3 Å². The van der Waals surface area contributed by atoms with Gasteiger partial charge < -0.3 is 5.32 Å². The van der Waals surface area contributed by atoms with Crippen LogP contribution in [0.1, 0.15) is 11.8 Å². The van der Waals surface area contributed by atoms with Crippen LogP contribution >= 0.6 is 22.9 Å². The molecule has 1 aliphatic rings. The molecule has 4 heteroatoms. The zero-order valence-corrected chi connectivity index (χ0v) is 9.87. The highest BCUT2D eigenvalue weighted by Gasteiger charge is 2.16. The van der Waals surface area contributed by atoms with Gasteiger partial charge in [0.05, 0.1) is 5.02 Å². The van der Waals surface area contributed by atoms with Crippen molar-refractivity contribution < 1.29 is 0 Å². The Labute approximate surface area is 93.9 Å². The van der Waals surface area contributed by atoms with E-state index in [4.69, 9.17) is 11.6 Å². The fourth-order valence-corrected chi connectivity index (χ4v) is 2.93. The van der Waals surface area contributed by atoms with Gasteiger partial charge in [0.1, 0.15) is 0 Å². The van der Waals surface area contributed by atoms with Crippen LogP contribution in [0.3, 0.4) is 0 Å². The molecule has 78 valence electrons. The number of piperazine rings is 1. The second kappa shape index (κ2) is 4.62. The van der Waals surface area contributed by atoms with Crippen LogP contribution in [0, 0.1) is 0 Å². The summed E-state index contributed by atoms with van der Waals surface area (Å²) in [5.41, 5.74) is 0. The van der Waals surface area contributed by atoms with Crippen molar-refractivity contribution >= 4 is 22.9 Å². The van der Waals surface area contributed by atoms with Gasteiger partial charge in [-0.2, -0.15) is 0 Å². The second-order valence-electron chi connectivity index (χ2n) is 3.78. The molecule has 1 atom stereocenters. The average molecular weight is 231 g/mol. The van der Waals surface area contributed by atoms with E-state index in [0.717, 1.165) is 31.2 Å². The highest BCUT2D eigenvalue weighted by Crippen LogP contribution is 2.23. The third kappa shape index (κ3) is 2.48. The zero-order valence-electron chi connectivity index (χ0n) is 8.29. The van der Waals surface area contributed by atoms with Crippen LogP contribution in [0.2, 0.25) is 5.02 Å². The molecule has 0 saturated carbocycles. The SMILES string of the molecule is C[C@H]1CN(Cc2sccc2Cl)CCN1. The number of nitrogens with zero attached hydrogens (tertiary/aromatic N) is 1. The van der Waals surface area contributed by atoms with E-state index in [1.54, 1.807) is 11.3 Å². The number of rotatable bonds is 2. The summed E-state index contributed by atoms with van der Waals surface area (Å²) in [7, 11) is 0. The van der Waals surface area contributed by atoms with Gasteiger partial charge in [0, 0.05) is 37.1 Å². The van der Waals surface area contributed by atoms with Gasteiger partial charge in [-0.25, -0.2) is 0 Å². The lowest BCUT2D eigenvalue weighted by Crippen LogP contribution is -2.48. The van der Waals surface area contributed by atoms with Crippen molar-refractivity contribution in [1.82, 2.24) is 10.2 Å². The van der Waals surface area contributed by atoms with Gasteiger partial charge in [-0.3, -0.25) is 4.90 Å². The molecule has 1 aliphatic heterocycles. The lowest BCUT2D eigenvalue weighted by molar-refractivity contribution is 0.201.